The van der Waals surface area contributed by atoms with E-state index in [-0.39, 0.29) is 30.1 Å². The summed E-state index contributed by atoms with van der Waals surface area (Å²) in [5, 5.41) is 7.60. The highest BCUT2D eigenvalue weighted by Crippen LogP contribution is 2.28. The Balaban J connectivity index is 2.22. The van der Waals surface area contributed by atoms with Crippen LogP contribution in [-0.2, 0) is 20.5 Å². The van der Waals surface area contributed by atoms with Gasteiger partial charge in [0.25, 0.3) is 0 Å². The monoisotopic (exact) mass is 351 g/mol. The van der Waals surface area contributed by atoms with Gasteiger partial charge in [-0.1, -0.05) is 20.8 Å². The van der Waals surface area contributed by atoms with Crippen LogP contribution in [0, 0.1) is 0 Å². The third-order valence-corrected chi connectivity index (χ3v) is 4.02. The molecule has 0 spiro atoms. The Kier molecular flexibility index (Phi) is 5.13. The average Bonchev–Trinajstić information content (AvgIpc) is 2.91. The highest BCUT2D eigenvalue weighted by molar-refractivity contribution is 5.89. The molecule has 1 aliphatic rings. The van der Waals surface area contributed by atoms with E-state index < -0.39 is 12.0 Å². The minimum atomic E-state index is -0.767. The van der Waals surface area contributed by atoms with E-state index >= 15 is 0 Å². The van der Waals surface area contributed by atoms with Gasteiger partial charge >= 0.3 is 6.03 Å². The SMILES string of the molecule is CC(C)(C)c1cc(NC(=O)N2CCOC(C(N)=O)C2)n(C(C)(C)C)n1. The van der Waals surface area contributed by atoms with Crippen molar-refractivity contribution in [2.75, 3.05) is 25.0 Å². The topological polar surface area (TPSA) is 102 Å². The van der Waals surface area contributed by atoms with Crippen LogP contribution >= 0.6 is 0 Å². The molecule has 3 N–H and O–H groups in total. The standard InChI is InChI=1S/C17H29N5O3/c1-16(2,3)12-9-13(22(20-12)17(4,5)6)19-15(24)21-7-8-25-11(10-21)14(18)23/h9,11H,7-8,10H2,1-6H3,(H2,18,23)(H,19,24). The summed E-state index contributed by atoms with van der Waals surface area (Å²) in [7, 11) is 0. The molecule has 3 amide bonds. The summed E-state index contributed by atoms with van der Waals surface area (Å²) >= 11 is 0. The van der Waals surface area contributed by atoms with Crippen molar-refractivity contribution in [3.63, 3.8) is 0 Å². The van der Waals surface area contributed by atoms with Gasteiger partial charge in [0.1, 0.15) is 5.82 Å². The maximum Gasteiger partial charge on any atom is 0.323 e. The molecule has 1 aromatic rings. The Hall–Kier alpha value is -2.09. The summed E-state index contributed by atoms with van der Waals surface area (Å²) in [4.78, 5) is 25.5. The number of anilines is 1. The fourth-order valence-corrected chi connectivity index (χ4v) is 2.54. The van der Waals surface area contributed by atoms with Crippen LogP contribution in [-0.4, -0.2) is 52.4 Å². The van der Waals surface area contributed by atoms with Gasteiger partial charge in [-0.15, -0.1) is 0 Å². The number of hydrogen-bond donors (Lipinski definition) is 2. The number of nitrogens with one attached hydrogen (secondary N) is 1. The van der Waals surface area contributed by atoms with Crippen LogP contribution in [0.4, 0.5) is 10.6 Å². The molecule has 1 fully saturated rings. The third-order valence-electron chi connectivity index (χ3n) is 4.02. The van der Waals surface area contributed by atoms with Crippen molar-refractivity contribution in [2.45, 2.75) is 58.6 Å². The molecule has 1 aliphatic heterocycles. The Morgan fingerprint density at radius 1 is 1.28 bits per heavy atom. The van der Waals surface area contributed by atoms with Gasteiger partial charge in [0.05, 0.1) is 24.4 Å². The zero-order valence-electron chi connectivity index (χ0n) is 15.9. The second-order valence-electron chi connectivity index (χ2n) is 8.39. The van der Waals surface area contributed by atoms with Crippen LogP contribution in [0.2, 0.25) is 0 Å². The average molecular weight is 351 g/mol. The number of nitrogens with zero attached hydrogens (tertiary/aromatic N) is 3. The lowest BCUT2D eigenvalue weighted by atomic mass is 9.92. The van der Waals surface area contributed by atoms with Gasteiger partial charge in [-0.2, -0.15) is 5.10 Å². The summed E-state index contributed by atoms with van der Waals surface area (Å²) in [6.07, 6.45) is -0.767. The van der Waals surface area contributed by atoms with E-state index in [1.165, 1.54) is 4.90 Å². The number of carbonyl (C=O) groups excluding carboxylic acids is 2. The van der Waals surface area contributed by atoms with Gasteiger partial charge in [0.2, 0.25) is 5.91 Å². The minimum Gasteiger partial charge on any atom is -0.367 e. The van der Waals surface area contributed by atoms with Gasteiger partial charge in [-0.25, -0.2) is 9.48 Å². The fraction of sp³-hybridized carbons (Fsp3) is 0.706. The van der Waals surface area contributed by atoms with Crippen molar-refractivity contribution < 1.29 is 14.3 Å². The highest BCUT2D eigenvalue weighted by Gasteiger charge is 2.30. The molecular weight excluding hydrogens is 322 g/mol. The van der Waals surface area contributed by atoms with E-state index in [2.05, 4.69) is 31.2 Å². The maximum atomic E-state index is 12.6. The number of nitrogens with two attached hydrogens (primary N) is 1. The van der Waals surface area contributed by atoms with Crippen LogP contribution in [0.25, 0.3) is 0 Å². The highest BCUT2D eigenvalue weighted by atomic mass is 16.5. The van der Waals surface area contributed by atoms with Gasteiger partial charge < -0.3 is 15.4 Å². The molecule has 2 heterocycles. The smallest absolute Gasteiger partial charge is 0.323 e. The molecule has 0 saturated carbocycles. The quantitative estimate of drug-likeness (QED) is 0.845. The van der Waals surface area contributed by atoms with Crippen molar-refractivity contribution in [3.8, 4) is 0 Å². The van der Waals surface area contributed by atoms with E-state index in [1.807, 2.05) is 31.5 Å². The molecule has 25 heavy (non-hydrogen) atoms. The van der Waals surface area contributed by atoms with Gasteiger partial charge in [-0.05, 0) is 20.8 Å². The Morgan fingerprint density at radius 2 is 1.92 bits per heavy atom. The molecule has 0 aliphatic carbocycles. The summed E-state index contributed by atoms with van der Waals surface area (Å²) in [5.74, 6) is 0.0665. The molecule has 2 rings (SSSR count). The number of hydrogen-bond acceptors (Lipinski definition) is 4. The van der Waals surface area contributed by atoms with Crippen molar-refractivity contribution in [1.82, 2.24) is 14.7 Å². The normalized spacial score (nSPS) is 19.0. The number of ether oxygens (including phenoxy) is 1. The lowest BCUT2D eigenvalue weighted by Gasteiger charge is -2.31. The first-order chi connectivity index (χ1) is 11.4. The summed E-state index contributed by atoms with van der Waals surface area (Å²) in [6, 6.07) is 1.61. The molecule has 0 radical (unpaired) electrons. The first kappa shape index (κ1) is 19.2. The number of primary amides is 1. The van der Waals surface area contributed by atoms with Crippen LogP contribution in [0.15, 0.2) is 6.07 Å². The summed E-state index contributed by atoms with van der Waals surface area (Å²) in [5.41, 5.74) is 5.76. The number of carbonyl (C=O) groups is 2. The van der Waals surface area contributed by atoms with E-state index in [0.717, 1.165) is 5.69 Å². The molecule has 1 saturated heterocycles. The Morgan fingerprint density at radius 3 is 2.44 bits per heavy atom. The number of aromatic nitrogens is 2. The van der Waals surface area contributed by atoms with Crippen LogP contribution in [0.5, 0.6) is 0 Å². The number of amides is 3. The molecule has 1 unspecified atom stereocenters. The largest absolute Gasteiger partial charge is 0.367 e. The van der Waals surface area contributed by atoms with Gasteiger partial charge in [0, 0.05) is 18.0 Å². The fourth-order valence-electron chi connectivity index (χ4n) is 2.54. The number of rotatable bonds is 2. The predicted octanol–water partition coefficient (Wildman–Crippen LogP) is 1.65. The number of urea groups is 1. The Labute approximate surface area is 148 Å². The lowest BCUT2D eigenvalue weighted by molar-refractivity contribution is -0.133. The molecule has 140 valence electrons. The van der Waals surface area contributed by atoms with Crippen molar-refractivity contribution in [1.29, 1.82) is 0 Å². The van der Waals surface area contributed by atoms with Crippen molar-refractivity contribution >= 4 is 17.8 Å². The first-order valence-corrected chi connectivity index (χ1v) is 8.47. The van der Waals surface area contributed by atoms with E-state index in [4.69, 9.17) is 10.5 Å². The first-order valence-electron chi connectivity index (χ1n) is 8.47. The second kappa shape index (κ2) is 6.67. The van der Waals surface area contributed by atoms with E-state index in [1.54, 1.807) is 0 Å². The third kappa shape index (κ3) is 4.50. The summed E-state index contributed by atoms with van der Waals surface area (Å²) in [6.45, 7) is 13.2. The van der Waals surface area contributed by atoms with Gasteiger partial charge in [-0.3, -0.25) is 10.1 Å². The van der Waals surface area contributed by atoms with E-state index in [9.17, 15) is 9.59 Å². The summed E-state index contributed by atoms with van der Waals surface area (Å²) < 4.78 is 7.10. The second-order valence-corrected chi connectivity index (χ2v) is 8.39. The Bertz CT molecular complexity index is 654. The molecule has 8 heteroatoms. The number of morpholine rings is 1. The molecule has 8 nitrogen and oxygen atoms in total. The van der Waals surface area contributed by atoms with Crippen molar-refractivity contribution in [3.05, 3.63) is 11.8 Å². The molecule has 0 aromatic carbocycles. The van der Waals surface area contributed by atoms with Crippen LogP contribution < -0.4 is 11.1 Å². The maximum absolute atomic E-state index is 12.6. The van der Waals surface area contributed by atoms with Crippen LogP contribution in [0.1, 0.15) is 47.2 Å². The molecule has 0 bridgehead atoms. The zero-order chi connectivity index (χ0) is 19.0. The predicted molar refractivity (Wildman–Crippen MR) is 95.4 cm³/mol. The molecule has 1 aromatic heterocycles. The minimum absolute atomic E-state index is 0.133. The van der Waals surface area contributed by atoms with Crippen LogP contribution in [0.3, 0.4) is 0 Å². The van der Waals surface area contributed by atoms with E-state index in [0.29, 0.717) is 12.4 Å². The molecule has 1 atom stereocenters. The van der Waals surface area contributed by atoms with Gasteiger partial charge in [0.15, 0.2) is 6.10 Å². The molecular formula is C17H29N5O3. The lowest BCUT2D eigenvalue weighted by Crippen LogP contribution is -2.51. The van der Waals surface area contributed by atoms with Crippen molar-refractivity contribution in [2.24, 2.45) is 5.73 Å². The zero-order valence-corrected chi connectivity index (χ0v) is 15.9.